The summed E-state index contributed by atoms with van der Waals surface area (Å²) >= 11 is 0. The molecular formula is C13H20N2O2S. The topological polar surface area (TPSA) is 63.4 Å². The maximum Gasteiger partial charge on any atom is 0.243 e. The van der Waals surface area contributed by atoms with Crippen LogP contribution in [0.3, 0.4) is 0 Å². The first kappa shape index (κ1) is 13.5. The van der Waals surface area contributed by atoms with Crippen molar-refractivity contribution in [3.63, 3.8) is 0 Å². The molecule has 0 bridgehead atoms. The lowest BCUT2D eigenvalue weighted by atomic mass is 9.81. The fourth-order valence-electron chi connectivity index (χ4n) is 2.27. The number of benzene rings is 1. The van der Waals surface area contributed by atoms with Crippen LogP contribution in [0.2, 0.25) is 0 Å². The number of hydrogen-bond donors (Lipinski definition) is 1. The van der Waals surface area contributed by atoms with Crippen LogP contribution in [0.15, 0.2) is 35.2 Å². The molecular weight excluding hydrogens is 248 g/mol. The number of rotatable bonds is 2. The number of nitrogens with zero attached hydrogens (tertiary/aromatic N) is 1. The Hall–Kier alpha value is -0.910. The molecule has 1 saturated heterocycles. The second kappa shape index (κ2) is 4.64. The standard InChI is InChI=1S/C13H20N2O2S/c1-13(2)10-15(9-8-12(13)14)18(16,17)11-6-4-3-5-7-11/h3-7,12H,8-10,14H2,1-2H3. The largest absolute Gasteiger partial charge is 0.327 e. The van der Waals surface area contributed by atoms with E-state index >= 15 is 0 Å². The van der Waals surface area contributed by atoms with E-state index < -0.39 is 10.0 Å². The van der Waals surface area contributed by atoms with Crippen LogP contribution in [-0.2, 0) is 10.0 Å². The molecule has 4 nitrogen and oxygen atoms in total. The SMILES string of the molecule is CC1(C)CN(S(=O)(=O)c2ccccc2)CCC1N. The Morgan fingerprint density at radius 1 is 1.28 bits per heavy atom. The summed E-state index contributed by atoms with van der Waals surface area (Å²) in [7, 11) is -3.38. The van der Waals surface area contributed by atoms with Gasteiger partial charge in [0.2, 0.25) is 10.0 Å². The van der Waals surface area contributed by atoms with E-state index in [9.17, 15) is 8.42 Å². The zero-order valence-corrected chi connectivity index (χ0v) is 11.7. The van der Waals surface area contributed by atoms with E-state index in [4.69, 9.17) is 5.73 Å². The molecule has 1 aliphatic heterocycles. The highest BCUT2D eigenvalue weighted by Gasteiger charge is 2.38. The second-order valence-corrected chi connectivity index (χ2v) is 7.47. The maximum absolute atomic E-state index is 12.5. The minimum atomic E-state index is -3.38. The van der Waals surface area contributed by atoms with Gasteiger partial charge in [-0.2, -0.15) is 4.31 Å². The van der Waals surface area contributed by atoms with E-state index in [0.717, 1.165) is 0 Å². The Morgan fingerprint density at radius 3 is 2.44 bits per heavy atom. The highest BCUT2D eigenvalue weighted by molar-refractivity contribution is 7.89. The Kier molecular flexibility index (Phi) is 3.49. The minimum absolute atomic E-state index is 0.0553. The summed E-state index contributed by atoms with van der Waals surface area (Å²) in [5.41, 5.74) is 5.85. The maximum atomic E-state index is 12.5. The number of nitrogens with two attached hydrogens (primary N) is 1. The van der Waals surface area contributed by atoms with E-state index in [0.29, 0.717) is 24.4 Å². The number of piperidine rings is 1. The first-order valence-corrected chi connectivity index (χ1v) is 7.59. The third-order valence-corrected chi connectivity index (χ3v) is 5.52. The second-order valence-electron chi connectivity index (χ2n) is 5.54. The summed E-state index contributed by atoms with van der Waals surface area (Å²) in [6.45, 7) is 5.02. The smallest absolute Gasteiger partial charge is 0.243 e. The van der Waals surface area contributed by atoms with Gasteiger partial charge < -0.3 is 5.73 Å². The normalized spacial score (nSPS) is 24.9. The van der Waals surface area contributed by atoms with Crippen molar-refractivity contribution in [2.45, 2.75) is 31.2 Å². The van der Waals surface area contributed by atoms with Crippen molar-refractivity contribution in [2.24, 2.45) is 11.1 Å². The molecule has 18 heavy (non-hydrogen) atoms. The minimum Gasteiger partial charge on any atom is -0.327 e. The summed E-state index contributed by atoms with van der Waals surface area (Å²) < 4.78 is 26.5. The summed E-state index contributed by atoms with van der Waals surface area (Å²) in [5.74, 6) is 0. The van der Waals surface area contributed by atoms with Crippen LogP contribution in [0, 0.1) is 5.41 Å². The van der Waals surface area contributed by atoms with Gasteiger partial charge in [-0.15, -0.1) is 0 Å². The van der Waals surface area contributed by atoms with Gasteiger partial charge in [-0.1, -0.05) is 32.0 Å². The zero-order chi connectivity index (χ0) is 13.4. The lowest BCUT2D eigenvalue weighted by molar-refractivity contribution is 0.155. The zero-order valence-electron chi connectivity index (χ0n) is 10.8. The first-order chi connectivity index (χ1) is 8.34. The molecule has 0 spiro atoms. The molecule has 1 fully saturated rings. The molecule has 0 saturated carbocycles. The fraction of sp³-hybridized carbons (Fsp3) is 0.538. The molecule has 1 aliphatic rings. The molecule has 0 aliphatic carbocycles. The van der Waals surface area contributed by atoms with E-state index in [1.807, 2.05) is 19.9 Å². The quantitative estimate of drug-likeness (QED) is 0.882. The molecule has 0 amide bonds. The van der Waals surface area contributed by atoms with Crippen LogP contribution >= 0.6 is 0 Å². The van der Waals surface area contributed by atoms with E-state index in [1.165, 1.54) is 0 Å². The van der Waals surface area contributed by atoms with Crippen molar-refractivity contribution in [1.82, 2.24) is 4.31 Å². The van der Waals surface area contributed by atoms with Crippen molar-refractivity contribution in [3.8, 4) is 0 Å². The van der Waals surface area contributed by atoms with Crippen molar-refractivity contribution in [3.05, 3.63) is 30.3 Å². The van der Waals surface area contributed by atoms with Gasteiger partial charge in [-0.05, 0) is 24.0 Å². The van der Waals surface area contributed by atoms with Crippen LogP contribution in [0.25, 0.3) is 0 Å². The molecule has 5 heteroatoms. The molecule has 100 valence electrons. The molecule has 0 radical (unpaired) electrons. The van der Waals surface area contributed by atoms with E-state index in [-0.39, 0.29) is 11.5 Å². The van der Waals surface area contributed by atoms with Gasteiger partial charge >= 0.3 is 0 Å². The molecule has 1 heterocycles. The Bertz CT molecular complexity index is 511. The van der Waals surface area contributed by atoms with Gasteiger partial charge in [0, 0.05) is 19.1 Å². The van der Waals surface area contributed by atoms with Crippen LogP contribution in [0.4, 0.5) is 0 Å². The van der Waals surface area contributed by atoms with Gasteiger partial charge in [0.05, 0.1) is 4.90 Å². The summed E-state index contributed by atoms with van der Waals surface area (Å²) in [6.07, 6.45) is 0.707. The van der Waals surface area contributed by atoms with E-state index in [2.05, 4.69) is 0 Å². The highest BCUT2D eigenvalue weighted by Crippen LogP contribution is 2.31. The van der Waals surface area contributed by atoms with Crippen molar-refractivity contribution in [2.75, 3.05) is 13.1 Å². The van der Waals surface area contributed by atoms with Gasteiger partial charge in [0.25, 0.3) is 0 Å². The van der Waals surface area contributed by atoms with Crippen molar-refractivity contribution in [1.29, 1.82) is 0 Å². The van der Waals surface area contributed by atoms with Crippen LogP contribution in [0.1, 0.15) is 20.3 Å². The monoisotopic (exact) mass is 268 g/mol. The van der Waals surface area contributed by atoms with Gasteiger partial charge in [0.1, 0.15) is 0 Å². The fourth-order valence-corrected chi connectivity index (χ4v) is 3.92. The van der Waals surface area contributed by atoms with Gasteiger partial charge in [0.15, 0.2) is 0 Å². The van der Waals surface area contributed by atoms with Crippen LogP contribution in [0.5, 0.6) is 0 Å². The average Bonchev–Trinajstić information content (AvgIpc) is 2.33. The first-order valence-electron chi connectivity index (χ1n) is 6.15. The lowest BCUT2D eigenvalue weighted by Crippen LogP contribution is -2.53. The third-order valence-electron chi connectivity index (χ3n) is 3.66. The molecule has 1 unspecified atom stereocenters. The molecule has 1 aromatic rings. The van der Waals surface area contributed by atoms with Crippen LogP contribution in [-0.4, -0.2) is 31.9 Å². The number of hydrogen-bond acceptors (Lipinski definition) is 3. The summed E-state index contributed by atoms with van der Waals surface area (Å²) in [5, 5.41) is 0. The average molecular weight is 268 g/mol. The van der Waals surface area contributed by atoms with Crippen LogP contribution < -0.4 is 5.73 Å². The highest BCUT2D eigenvalue weighted by atomic mass is 32.2. The number of sulfonamides is 1. The van der Waals surface area contributed by atoms with Gasteiger partial charge in [-0.25, -0.2) is 8.42 Å². The molecule has 0 aromatic heterocycles. The van der Waals surface area contributed by atoms with Crippen molar-refractivity contribution < 1.29 is 8.42 Å². The van der Waals surface area contributed by atoms with Crippen molar-refractivity contribution >= 4 is 10.0 Å². The van der Waals surface area contributed by atoms with E-state index in [1.54, 1.807) is 28.6 Å². The Balaban J connectivity index is 2.28. The molecule has 2 N–H and O–H groups in total. The Labute approximate surface area is 109 Å². The Morgan fingerprint density at radius 2 is 1.89 bits per heavy atom. The molecule has 1 aromatic carbocycles. The lowest BCUT2D eigenvalue weighted by Gasteiger charge is -2.41. The molecule has 1 atom stereocenters. The third kappa shape index (κ3) is 2.43. The summed E-state index contributed by atoms with van der Waals surface area (Å²) in [4.78, 5) is 0.358. The predicted molar refractivity (Wildman–Crippen MR) is 71.6 cm³/mol. The van der Waals surface area contributed by atoms with Gasteiger partial charge in [-0.3, -0.25) is 0 Å². The summed E-state index contributed by atoms with van der Waals surface area (Å²) in [6, 6.07) is 8.63. The predicted octanol–water partition coefficient (Wildman–Crippen LogP) is 1.43. The molecule has 2 rings (SSSR count).